The van der Waals surface area contributed by atoms with E-state index in [0.29, 0.717) is 18.2 Å². The summed E-state index contributed by atoms with van der Waals surface area (Å²) in [5.41, 5.74) is -0.909. The van der Waals surface area contributed by atoms with Crippen molar-refractivity contribution in [2.75, 3.05) is 13.2 Å². The Kier molecular flexibility index (Phi) is 17.0. The fourth-order valence-electron chi connectivity index (χ4n) is 4.74. The molecule has 0 saturated carbocycles. The van der Waals surface area contributed by atoms with Crippen molar-refractivity contribution in [3.05, 3.63) is 35.5 Å². The SMILES string of the molecule is FC(F)(F)C(F)(F)C(F)(F)C(F)(F)C(F)(F)C(F)(F)C(F)(F)C(F)(F)CCOc1ccc(/C=C/c2nnc(C(Cl)(Cl)Cl)o2)c(OCCC(F)(F)C(F)(F)C(F)(F)C(F)(F)C(F)(F)C(F)(F)C(F)(F)C(F)(F)F)c1. The molecule has 0 bridgehead atoms. The maximum atomic E-state index is 14.5. The van der Waals surface area contributed by atoms with E-state index in [2.05, 4.69) is 19.7 Å². The molecule has 424 valence electrons. The van der Waals surface area contributed by atoms with Crippen LogP contribution in [-0.2, 0) is 3.79 Å². The van der Waals surface area contributed by atoms with Crippen molar-refractivity contribution < 1.29 is 163 Å². The zero-order chi connectivity index (χ0) is 58.3. The van der Waals surface area contributed by atoms with Crippen LogP contribution in [0.25, 0.3) is 12.2 Å². The Bertz CT molecular complexity index is 2280. The molecular weight excluding hydrogens is 1200 g/mol. The number of aromatic nitrogens is 2. The number of benzene rings is 1. The maximum absolute atomic E-state index is 14.5. The first kappa shape index (κ1) is 65.3. The second-order valence-corrected chi connectivity index (χ2v) is 16.3. The van der Waals surface area contributed by atoms with E-state index in [4.69, 9.17) is 39.2 Å². The van der Waals surface area contributed by atoms with Crippen molar-refractivity contribution in [2.45, 2.75) is 112 Å². The fourth-order valence-corrected chi connectivity index (χ4v) is 4.97. The molecule has 1 heterocycles. The molecule has 0 atom stereocenters. The number of halogens is 37. The zero-order valence-corrected chi connectivity index (χ0v) is 35.1. The molecule has 2 rings (SSSR count). The summed E-state index contributed by atoms with van der Waals surface area (Å²) in [5, 5.41) is 6.36. The number of hydrogen-bond acceptors (Lipinski definition) is 5. The van der Waals surface area contributed by atoms with Crippen molar-refractivity contribution >= 4 is 47.0 Å². The van der Waals surface area contributed by atoms with Crippen LogP contribution < -0.4 is 9.47 Å². The van der Waals surface area contributed by atoms with Gasteiger partial charge < -0.3 is 13.9 Å². The largest absolute Gasteiger partial charge is 0.493 e. The Balaban J connectivity index is 2.57. The third-order valence-electron chi connectivity index (χ3n) is 9.01. The van der Waals surface area contributed by atoms with E-state index in [1.807, 2.05) is 0 Å². The number of hydrogen-bond donors (Lipinski definition) is 0. The first-order chi connectivity index (χ1) is 31.7. The highest BCUT2D eigenvalue weighted by Gasteiger charge is 2.97. The summed E-state index contributed by atoms with van der Waals surface area (Å²) in [7, 11) is 0. The second kappa shape index (κ2) is 19.0. The van der Waals surface area contributed by atoms with Gasteiger partial charge in [0, 0.05) is 17.7 Å². The first-order valence-corrected chi connectivity index (χ1v) is 18.3. The van der Waals surface area contributed by atoms with Gasteiger partial charge >= 0.3 is 95.3 Å². The van der Waals surface area contributed by atoms with Crippen LogP contribution in [0, 0.1) is 0 Å². The molecule has 0 aliphatic heterocycles. The highest BCUT2D eigenvalue weighted by molar-refractivity contribution is 6.66. The highest BCUT2D eigenvalue weighted by atomic mass is 35.6. The van der Waals surface area contributed by atoms with Gasteiger partial charge in [0.25, 0.3) is 9.68 Å². The van der Waals surface area contributed by atoms with E-state index in [1.165, 1.54) is 0 Å². The van der Waals surface area contributed by atoms with Crippen molar-refractivity contribution in [3.8, 4) is 11.5 Å². The normalized spacial score (nSPS) is 15.9. The Morgan fingerprint density at radius 3 is 1.03 bits per heavy atom. The second-order valence-electron chi connectivity index (χ2n) is 14.0. The van der Waals surface area contributed by atoms with Crippen LogP contribution in [0.2, 0.25) is 0 Å². The molecule has 0 spiro atoms. The summed E-state index contributed by atoms with van der Waals surface area (Å²) in [6, 6.07) is 0.527. The Labute approximate surface area is 392 Å². The number of rotatable bonds is 22. The molecule has 5 nitrogen and oxygen atoms in total. The fraction of sp³-hybridized carbons (Fsp3) is 0.677. The Morgan fingerprint density at radius 2 is 0.712 bits per heavy atom. The van der Waals surface area contributed by atoms with Crippen LogP contribution in [0.1, 0.15) is 30.2 Å². The predicted octanol–water partition coefficient (Wildman–Crippen LogP) is 15.6. The average molecular weight is 1210 g/mol. The molecule has 0 saturated heterocycles. The van der Waals surface area contributed by atoms with E-state index in [0.717, 1.165) is 0 Å². The predicted molar refractivity (Wildman–Crippen MR) is 170 cm³/mol. The summed E-state index contributed by atoms with van der Waals surface area (Å²) in [6.45, 7) is -4.96. The minimum absolute atomic E-state index is 0.0642. The topological polar surface area (TPSA) is 57.4 Å². The monoisotopic (exact) mass is 1210 g/mol. The molecule has 0 amide bonds. The van der Waals surface area contributed by atoms with Gasteiger partial charge in [0.1, 0.15) is 11.5 Å². The van der Waals surface area contributed by atoms with Gasteiger partial charge in [-0.25, -0.2) is 0 Å². The molecule has 2 aromatic rings. The van der Waals surface area contributed by atoms with Crippen molar-refractivity contribution in [3.63, 3.8) is 0 Å². The molecule has 0 aliphatic rings. The van der Waals surface area contributed by atoms with E-state index in [-0.39, 0.29) is 12.1 Å². The Morgan fingerprint density at radius 1 is 0.397 bits per heavy atom. The average Bonchev–Trinajstić information content (AvgIpc) is 3.69. The molecule has 73 heavy (non-hydrogen) atoms. The molecule has 0 radical (unpaired) electrons. The molecule has 42 heteroatoms. The van der Waals surface area contributed by atoms with Gasteiger partial charge in [-0.15, -0.1) is 10.2 Å². The highest BCUT2D eigenvalue weighted by Crippen LogP contribution is 2.66. The third kappa shape index (κ3) is 10.4. The van der Waals surface area contributed by atoms with Crippen LogP contribution in [0.15, 0.2) is 22.6 Å². The van der Waals surface area contributed by atoms with Gasteiger partial charge in [-0.1, -0.05) is 34.8 Å². The lowest BCUT2D eigenvalue weighted by molar-refractivity contribution is -0.461. The summed E-state index contributed by atoms with van der Waals surface area (Å²) in [6.07, 6.45) is -21.8. The van der Waals surface area contributed by atoms with Gasteiger partial charge in [-0.3, -0.25) is 0 Å². The third-order valence-corrected chi connectivity index (χ3v) is 9.49. The quantitative estimate of drug-likeness (QED) is 0.0869. The summed E-state index contributed by atoms with van der Waals surface area (Å²) in [4.78, 5) is 0. The number of ether oxygens (including phenoxy) is 2. The molecule has 0 unspecified atom stereocenters. The van der Waals surface area contributed by atoms with Crippen LogP contribution in [0.4, 0.5) is 149 Å². The van der Waals surface area contributed by atoms with Crippen LogP contribution in [-0.4, -0.2) is 119 Å². The molecule has 0 N–H and O–H groups in total. The lowest BCUT2D eigenvalue weighted by Gasteiger charge is -2.42. The minimum Gasteiger partial charge on any atom is -0.493 e. The first-order valence-electron chi connectivity index (χ1n) is 17.1. The van der Waals surface area contributed by atoms with Crippen LogP contribution in [0.5, 0.6) is 11.5 Å². The van der Waals surface area contributed by atoms with Gasteiger partial charge in [-0.05, 0) is 18.2 Å². The summed E-state index contributed by atoms with van der Waals surface area (Å²) >= 11 is 16.3. The number of alkyl halides is 37. The molecule has 0 fully saturated rings. The van der Waals surface area contributed by atoms with E-state index >= 15 is 0 Å². The van der Waals surface area contributed by atoms with E-state index in [9.17, 15) is 149 Å². The van der Waals surface area contributed by atoms with Crippen LogP contribution in [0.3, 0.4) is 0 Å². The minimum atomic E-state index is -9.02. The smallest absolute Gasteiger partial charge is 0.460 e. The van der Waals surface area contributed by atoms with Crippen molar-refractivity contribution in [1.82, 2.24) is 10.2 Å². The molecule has 0 aliphatic carbocycles. The lowest BCUT2D eigenvalue weighted by Crippen LogP contribution is -2.74. The van der Waals surface area contributed by atoms with Gasteiger partial charge in [0.15, 0.2) is 0 Å². The van der Waals surface area contributed by atoms with E-state index < -0.39 is 154 Å². The number of nitrogens with zero attached hydrogens (tertiary/aromatic N) is 2. The van der Waals surface area contributed by atoms with Gasteiger partial charge in [-0.2, -0.15) is 149 Å². The summed E-state index contributed by atoms with van der Waals surface area (Å²) in [5.74, 6) is -123. The van der Waals surface area contributed by atoms with E-state index in [1.54, 1.807) is 0 Å². The Hall–Kier alpha value is -3.81. The summed E-state index contributed by atoms with van der Waals surface area (Å²) < 4.78 is 474. The standard InChI is InChI=1S/C31H13Cl3F34N2O3/c32-17(33,34)14-70-69-13(73-14)4-2-10-1-3-11(71-7-5-15(35,36)18(39,40)20(43,44)22(47,48)24(51,52)26(55,56)28(59,60)30(63,64)65)9-12(10)72-8-6-16(37,38)19(41,42)21(45,46)23(49,50)25(53,54)27(57,58)29(61,62)31(66,67)68/h1-4,9H,5-8H2/b4-2+. The van der Waals surface area contributed by atoms with Gasteiger partial charge in [0.05, 0.1) is 26.1 Å². The molecule has 1 aromatic heterocycles. The van der Waals surface area contributed by atoms with Gasteiger partial charge in [0.2, 0.25) is 5.89 Å². The van der Waals surface area contributed by atoms with Crippen molar-refractivity contribution in [2.24, 2.45) is 0 Å². The lowest BCUT2D eigenvalue weighted by atomic mass is 9.88. The van der Waals surface area contributed by atoms with Crippen molar-refractivity contribution in [1.29, 1.82) is 0 Å². The zero-order valence-electron chi connectivity index (χ0n) is 32.8. The molecular formula is C31H13Cl3F34N2O3. The van der Waals surface area contributed by atoms with Crippen LogP contribution >= 0.6 is 34.8 Å². The maximum Gasteiger partial charge on any atom is 0.460 e. The molecule has 1 aromatic carbocycles.